The van der Waals surface area contributed by atoms with E-state index in [1.165, 1.54) is 27.7 Å². The van der Waals surface area contributed by atoms with Crippen molar-refractivity contribution in [2.45, 2.75) is 31.5 Å². The summed E-state index contributed by atoms with van der Waals surface area (Å²) in [5.41, 5.74) is 0.903. The number of thiophene rings is 1. The van der Waals surface area contributed by atoms with Crippen molar-refractivity contribution in [3.63, 3.8) is 0 Å². The van der Waals surface area contributed by atoms with Crippen molar-refractivity contribution in [3.8, 4) is 0 Å². The number of hydrogen-bond acceptors (Lipinski definition) is 8. The SMILES string of the molecule is Cc1sc2nc(SCC(=O)N3CCN(C4CCS(=O)(=O)C4)CC3)n(C)c(=O)c2c1C. The Hall–Kier alpha value is -1.43. The molecule has 4 heterocycles. The van der Waals surface area contributed by atoms with Crippen LogP contribution in [-0.4, -0.2) is 83.2 Å². The van der Waals surface area contributed by atoms with Gasteiger partial charge in [-0.2, -0.15) is 0 Å². The lowest BCUT2D eigenvalue weighted by molar-refractivity contribution is -0.130. The summed E-state index contributed by atoms with van der Waals surface area (Å²) in [6.45, 7) is 6.53. The molecule has 4 rings (SSSR count). The van der Waals surface area contributed by atoms with Gasteiger partial charge in [-0.25, -0.2) is 13.4 Å². The van der Waals surface area contributed by atoms with Gasteiger partial charge in [0, 0.05) is 44.1 Å². The summed E-state index contributed by atoms with van der Waals surface area (Å²) in [6, 6.07) is 0.0878. The molecule has 2 aliphatic rings. The van der Waals surface area contributed by atoms with Crippen LogP contribution in [0.15, 0.2) is 9.95 Å². The smallest absolute Gasteiger partial charge is 0.262 e. The quantitative estimate of drug-likeness (QED) is 0.487. The molecule has 0 aromatic carbocycles. The Morgan fingerprint density at radius 2 is 1.93 bits per heavy atom. The van der Waals surface area contributed by atoms with E-state index in [4.69, 9.17) is 0 Å². The number of carbonyl (C=O) groups excluding carboxylic acids is 1. The van der Waals surface area contributed by atoms with Gasteiger partial charge in [0.25, 0.3) is 5.56 Å². The zero-order valence-corrected chi connectivity index (χ0v) is 19.8. The van der Waals surface area contributed by atoms with Gasteiger partial charge in [0.05, 0.1) is 22.6 Å². The summed E-state index contributed by atoms with van der Waals surface area (Å²) in [6.07, 6.45) is 0.690. The number of carbonyl (C=O) groups is 1. The molecule has 11 heteroatoms. The maximum absolute atomic E-state index is 12.7. The molecular weight excluding hydrogens is 444 g/mol. The minimum absolute atomic E-state index is 0.0200. The molecule has 0 bridgehead atoms. The number of amides is 1. The highest BCUT2D eigenvalue weighted by atomic mass is 32.2. The summed E-state index contributed by atoms with van der Waals surface area (Å²) in [5.74, 6) is 0.756. The zero-order valence-electron chi connectivity index (χ0n) is 17.4. The first-order valence-corrected chi connectivity index (χ1v) is 13.6. The number of rotatable bonds is 4. The Labute approximate surface area is 184 Å². The van der Waals surface area contributed by atoms with Crippen LogP contribution in [0.3, 0.4) is 0 Å². The van der Waals surface area contributed by atoms with Crippen molar-refractivity contribution >= 4 is 49.1 Å². The standard InChI is InChI=1S/C19H26N4O4S3/c1-12-13(2)29-17-16(12)18(25)21(3)19(20-17)28-10-15(24)23-7-5-22(6-8-23)14-4-9-30(26,27)11-14/h14H,4-11H2,1-3H3. The molecule has 2 fully saturated rings. The lowest BCUT2D eigenvalue weighted by atomic mass is 10.2. The molecule has 8 nitrogen and oxygen atoms in total. The average Bonchev–Trinajstić information content (AvgIpc) is 3.22. The highest BCUT2D eigenvalue weighted by Gasteiger charge is 2.34. The summed E-state index contributed by atoms with van der Waals surface area (Å²) >= 11 is 2.80. The van der Waals surface area contributed by atoms with Gasteiger partial charge in [-0.1, -0.05) is 11.8 Å². The predicted molar refractivity (Wildman–Crippen MR) is 120 cm³/mol. The number of nitrogens with zero attached hydrogens (tertiary/aromatic N) is 4. The van der Waals surface area contributed by atoms with E-state index in [1.54, 1.807) is 7.05 Å². The van der Waals surface area contributed by atoms with E-state index in [-0.39, 0.29) is 34.8 Å². The first-order chi connectivity index (χ1) is 14.2. The van der Waals surface area contributed by atoms with Crippen molar-refractivity contribution in [1.82, 2.24) is 19.4 Å². The topological polar surface area (TPSA) is 92.6 Å². The van der Waals surface area contributed by atoms with E-state index in [9.17, 15) is 18.0 Å². The van der Waals surface area contributed by atoms with E-state index in [0.29, 0.717) is 43.1 Å². The van der Waals surface area contributed by atoms with Crippen LogP contribution in [0, 0.1) is 13.8 Å². The number of thioether (sulfide) groups is 1. The minimum Gasteiger partial charge on any atom is -0.339 e. The highest BCUT2D eigenvalue weighted by molar-refractivity contribution is 7.99. The Bertz CT molecular complexity index is 1150. The second kappa shape index (κ2) is 8.25. The molecule has 1 atom stereocenters. The van der Waals surface area contributed by atoms with E-state index in [0.717, 1.165) is 15.3 Å². The van der Waals surface area contributed by atoms with Crippen LogP contribution in [-0.2, 0) is 21.7 Å². The number of aryl methyl sites for hydroxylation is 2. The van der Waals surface area contributed by atoms with Crippen LogP contribution >= 0.6 is 23.1 Å². The molecule has 1 amide bonds. The zero-order chi connectivity index (χ0) is 21.6. The molecule has 2 aromatic heterocycles. The van der Waals surface area contributed by atoms with E-state index < -0.39 is 9.84 Å². The molecule has 0 N–H and O–H groups in total. The van der Waals surface area contributed by atoms with E-state index >= 15 is 0 Å². The van der Waals surface area contributed by atoms with Gasteiger partial charge in [0.1, 0.15) is 4.83 Å². The van der Waals surface area contributed by atoms with Crippen molar-refractivity contribution in [2.24, 2.45) is 7.05 Å². The van der Waals surface area contributed by atoms with Crippen LogP contribution in [0.1, 0.15) is 16.9 Å². The van der Waals surface area contributed by atoms with Crippen molar-refractivity contribution in [1.29, 1.82) is 0 Å². The van der Waals surface area contributed by atoms with E-state index in [1.807, 2.05) is 18.7 Å². The number of piperazine rings is 1. The van der Waals surface area contributed by atoms with Crippen LogP contribution in [0.5, 0.6) is 0 Å². The molecule has 1 unspecified atom stereocenters. The lowest BCUT2D eigenvalue weighted by Crippen LogP contribution is -2.52. The van der Waals surface area contributed by atoms with Gasteiger partial charge < -0.3 is 4.90 Å². The van der Waals surface area contributed by atoms with Crippen LogP contribution in [0.4, 0.5) is 0 Å². The van der Waals surface area contributed by atoms with Gasteiger partial charge >= 0.3 is 0 Å². The molecule has 2 saturated heterocycles. The lowest BCUT2D eigenvalue weighted by Gasteiger charge is -2.37. The van der Waals surface area contributed by atoms with Crippen molar-refractivity contribution in [3.05, 3.63) is 20.8 Å². The van der Waals surface area contributed by atoms with Gasteiger partial charge in [0.15, 0.2) is 15.0 Å². The first-order valence-electron chi connectivity index (χ1n) is 9.98. The van der Waals surface area contributed by atoms with Crippen LogP contribution in [0.25, 0.3) is 10.2 Å². The third-order valence-electron chi connectivity index (χ3n) is 6.09. The monoisotopic (exact) mass is 470 g/mol. The van der Waals surface area contributed by atoms with Crippen molar-refractivity contribution in [2.75, 3.05) is 43.4 Å². The maximum atomic E-state index is 12.7. The normalized spacial score (nSPS) is 22.1. The van der Waals surface area contributed by atoms with Gasteiger partial charge in [-0.05, 0) is 25.8 Å². The fourth-order valence-corrected chi connectivity index (χ4v) is 7.81. The van der Waals surface area contributed by atoms with Gasteiger partial charge in [-0.3, -0.25) is 19.1 Å². The number of aromatic nitrogens is 2. The molecule has 0 saturated carbocycles. The molecule has 0 radical (unpaired) electrons. The average molecular weight is 471 g/mol. The van der Waals surface area contributed by atoms with Gasteiger partial charge in [-0.15, -0.1) is 11.3 Å². The van der Waals surface area contributed by atoms with Gasteiger partial charge in [0.2, 0.25) is 5.91 Å². The highest BCUT2D eigenvalue weighted by Crippen LogP contribution is 2.28. The first kappa shape index (κ1) is 21.8. The molecular formula is C19H26N4O4S3. The minimum atomic E-state index is -2.90. The number of sulfone groups is 1. The largest absolute Gasteiger partial charge is 0.339 e. The summed E-state index contributed by atoms with van der Waals surface area (Å²) in [4.78, 5) is 35.9. The third-order valence-corrected chi connectivity index (χ3v) is 9.95. The molecule has 164 valence electrons. The summed E-state index contributed by atoms with van der Waals surface area (Å²) in [7, 11) is -1.20. The Balaban J connectivity index is 1.37. The summed E-state index contributed by atoms with van der Waals surface area (Å²) < 4.78 is 24.9. The molecule has 0 spiro atoms. The van der Waals surface area contributed by atoms with Crippen LogP contribution < -0.4 is 5.56 Å². The molecule has 30 heavy (non-hydrogen) atoms. The van der Waals surface area contributed by atoms with E-state index in [2.05, 4.69) is 9.88 Å². The van der Waals surface area contributed by atoms with Crippen LogP contribution in [0.2, 0.25) is 0 Å². The fraction of sp³-hybridized carbons (Fsp3) is 0.632. The summed E-state index contributed by atoms with van der Waals surface area (Å²) in [5, 5.41) is 1.22. The molecule has 2 aromatic rings. The fourth-order valence-electron chi connectivity index (χ4n) is 4.10. The third kappa shape index (κ3) is 4.17. The Morgan fingerprint density at radius 3 is 2.57 bits per heavy atom. The predicted octanol–water partition coefficient (Wildman–Crippen LogP) is 1.04. The van der Waals surface area contributed by atoms with Crippen molar-refractivity contribution < 1.29 is 13.2 Å². The molecule has 2 aliphatic heterocycles. The second-order valence-corrected chi connectivity index (χ2v) is 12.4. The molecule has 0 aliphatic carbocycles. The number of fused-ring (bicyclic) bond motifs is 1. The number of hydrogen-bond donors (Lipinski definition) is 0. The Kier molecular flexibility index (Phi) is 5.99. The maximum Gasteiger partial charge on any atom is 0.262 e. The second-order valence-electron chi connectivity index (χ2n) is 7.98. The Morgan fingerprint density at radius 1 is 1.23 bits per heavy atom.